The van der Waals surface area contributed by atoms with Gasteiger partial charge in [-0.05, 0) is 37.3 Å². The van der Waals surface area contributed by atoms with Gasteiger partial charge in [-0.2, -0.15) is 4.98 Å². The van der Waals surface area contributed by atoms with E-state index in [9.17, 15) is 4.39 Å². The molecule has 0 saturated carbocycles. The minimum absolute atomic E-state index is 0.0507. The highest BCUT2D eigenvalue weighted by atomic mass is 35.5. The average molecular weight is 260 g/mol. The summed E-state index contributed by atoms with van der Waals surface area (Å²) in [4.78, 5) is 9.45. The average Bonchev–Trinajstić information content (AvgIpc) is 2.34. The molecule has 0 aromatic carbocycles. The Kier molecular flexibility index (Phi) is 4.12. The number of hydrogen-bond acceptors (Lipinski definition) is 4. The normalized spacial score (nSPS) is 20.6. The molecule has 17 heavy (non-hydrogen) atoms. The number of aliphatic hydroxyl groups excluding tert-OH is 1. The monoisotopic (exact) mass is 259 g/mol. The second-order valence-corrected chi connectivity index (χ2v) is 4.50. The van der Waals surface area contributed by atoms with E-state index in [1.54, 1.807) is 0 Å². The lowest BCUT2D eigenvalue weighted by Crippen LogP contribution is -2.41. The van der Waals surface area contributed by atoms with E-state index in [0.29, 0.717) is 6.42 Å². The van der Waals surface area contributed by atoms with Gasteiger partial charge in [0, 0.05) is 19.2 Å². The third kappa shape index (κ3) is 2.84. The van der Waals surface area contributed by atoms with Crippen LogP contribution in [0.4, 0.5) is 10.2 Å². The van der Waals surface area contributed by atoms with E-state index in [1.807, 2.05) is 4.90 Å². The van der Waals surface area contributed by atoms with Gasteiger partial charge in [-0.15, -0.1) is 0 Å². The van der Waals surface area contributed by atoms with Gasteiger partial charge in [0.05, 0.1) is 6.20 Å². The van der Waals surface area contributed by atoms with E-state index in [1.165, 1.54) is 0 Å². The maximum Gasteiger partial charge on any atom is 0.224 e. The summed E-state index contributed by atoms with van der Waals surface area (Å²) in [6.07, 6.45) is 4.77. The molecule has 1 fully saturated rings. The number of aromatic nitrogens is 2. The Bertz CT molecular complexity index is 389. The summed E-state index contributed by atoms with van der Waals surface area (Å²) in [5.41, 5.74) is 0. The first-order valence-corrected chi connectivity index (χ1v) is 6.15. The van der Waals surface area contributed by atoms with Crippen molar-refractivity contribution in [1.82, 2.24) is 9.97 Å². The van der Waals surface area contributed by atoms with Crippen LogP contribution in [-0.2, 0) is 0 Å². The summed E-state index contributed by atoms with van der Waals surface area (Å²) in [5.74, 6) is -0.206. The van der Waals surface area contributed by atoms with Crippen molar-refractivity contribution in [3.05, 3.63) is 17.3 Å². The van der Waals surface area contributed by atoms with Gasteiger partial charge < -0.3 is 10.0 Å². The lowest BCUT2D eigenvalue weighted by atomic mass is 9.99. The van der Waals surface area contributed by atoms with Crippen molar-refractivity contribution in [2.24, 2.45) is 0 Å². The summed E-state index contributed by atoms with van der Waals surface area (Å²) in [6, 6.07) is 0.134. The Balaban J connectivity index is 2.25. The number of piperidine rings is 1. The van der Waals surface area contributed by atoms with Crippen molar-refractivity contribution in [2.75, 3.05) is 18.1 Å². The molecule has 1 atom stereocenters. The van der Waals surface area contributed by atoms with Gasteiger partial charge in [-0.1, -0.05) is 0 Å². The van der Waals surface area contributed by atoms with Crippen molar-refractivity contribution in [2.45, 2.75) is 31.7 Å². The smallest absolute Gasteiger partial charge is 0.224 e. The molecule has 0 bridgehead atoms. The highest BCUT2D eigenvalue weighted by Gasteiger charge is 2.25. The molecule has 1 aromatic heterocycles. The molecule has 1 N–H and O–H groups in total. The van der Waals surface area contributed by atoms with Crippen LogP contribution >= 0.6 is 11.6 Å². The van der Waals surface area contributed by atoms with Gasteiger partial charge in [-0.25, -0.2) is 9.37 Å². The molecular weight excluding hydrogens is 245 g/mol. The molecule has 0 spiro atoms. The molecule has 1 aliphatic heterocycles. The van der Waals surface area contributed by atoms with Gasteiger partial charge in [-0.3, -0.25) is 0 Å². The van der Waals surface area contributed by atoms with Crippen molar-refractivity contribution in [3.63, 3.8) is 0 Å². The fourth-order valence-corrected chi connectivity index (χ4v) is 2.40. The van der Waals surface area contributed by atoms with Crippen molar-refractivity contribution in [1.29, 1.82) is 0 Å². The molecule has 2 rings (SSSR count). The number of halogens is 2. The van der Waals surface area contributed by atoms with E-state index in [2.05, 4.69) is 9.97 Å². The predicted octanol–water partition coefficient (Wildman–Crippen LogP) is 2.01. The molecule has 1 aliphatic rings. The summed E-state index contributed by atoms with van der Waals surface area (Å²) < 4.78 is 13.7. The summed E-state index contributed by atoms with van der Waals surface area (Å²) in [6.45, 7) is 0.844. The lowest BCUT2D eigenvalue weighted by Gasteiger charge is -2.36. The zero-order valence-electron chi connectivity index (χ0n) is 9.44. The topological polar surface area (TPSA) is 49.2 Å². The van der Waals surface area contributed by atoms with Crippen LogP contribution < -0.4 is 4.90 Å². The molecule has 2 heterocycles. The van der Waals surface area contributed by atoms with Crippen LogP contribution in [-0.4, -0.2) is 34.3 Å². The van der Waals surface area contributed by atoms with Crippen LogP contribution in [0.3, 0.4) is 0 Å². The van der Waals surface area contributed by atoms with Gasteiger partial charge in [0.1, 0.15) is 0 Å². The van der Waals surface area contributed by atoms with Crippen molar-refractivity contribution < 1.29 is 9.50 Å². The lowest BCUT2D eigenvalue weighted by molar-refractivity contribution is 0.261. The third-order valence-corrected chi connectivity index (χ3v) is 3.24. The van der Waals surface area contributed by atoms with Gasteiger partial charge in [0.2, 0.25) is 5.28 Å². The Morgan fingerprint density at radius 3 is 3.12 bits per heavy atom. The molecule has 1 saturated heterocycles. The number of aliphatic hydroxyl groups is 1. The van der Waals surface area contributed by atoms with Gasteiger partial charge in [0.25, 0.3) is 0 Å². The number of rotatable bonds is 3. The molecule has 0 aliphatic carbocycles. The molecule has 1 aromatic rings. The van der Waals surface area contributed by atoms with E-state index in [4.69, 9.17) is 16.7 Å². The summed E-state index contributed by atoms with van der Waals surface area (Å²) in [7, 11) is 0. The minimum Gasteiger partial charge on any atom is -0.396 e. The zero-order valence-corrected chi connectivity index (χ0v) is 10.2. The van der Waals surface area contributed by atoms with Gasteiger partial charge in [0.15, 0.2) is 11.6 Å². The first kappa shape index (κ1) is 12.5. The SMILES string of the molecule is OCCC1CCCCN1c1nc(Cl)ncc1F. The number of nitrogens with zero attached hydrogens (tertiary/aromatic N) is 3. The third-order valence-electron chi connectivity index (χ3n) is 3.06. The van der Waals surface area contributed by atoms with E-state index >= 15 is 0 Å². The zero-order chi connectivity index (χ0) is 12.3. The summed E-state index contributed by atoms with van der Waals surface area (Å²) >= 11 is 5.70. The molecule has 6 heteroatoms. The standard InChI is InChI=1S/C11H15ClFN3O/c12-11-14-7-9(13)10(15-11)16-5-2-1-3-8(16)4-6-17/h7-8,17H,1-6H2. The first-order valence-electron chi connectivity index (χ1n) is 5.78. The molecule has 0 amide bonds. The fourth-order valence-electron chi connectivity index (χ4n) is 2.27. The molecule has 0 radical (unpaired) electrons. The molecular formula is C11H15ClFN3O. The highest BCUT2D eigenvalue weighted by Crippen LogP contribution is 2.27. The van der Waals surface area contributed by atoms with Crippen LogP contribution in [0.15, 0.2) is 6.20 Å². The first-order chi connectivity index (χ1) is 8.22. The highest BCUT2D eigenvalue weighted by molar-refractivity contribution is 6.28. The largest absolute Gasteiger partial charge is 0.396 e. The van der Waals surface area contributed by atoms with Crippen LogP contribution in [0.1, 0.15) is 25.7 Å². The molecule has 1 unspecified atom stereocenters. The van der Waals surface area contributed by atoms with Crippen LogP contribution in [0.2, 0.25) is 5.28 Å². The second kappa shape index (κ2) is 5.60. The Morgan fingerprint density at radius 2 is 2.35 bits per heavy atom. The Morgan fingerprint density at radius 1 is 1.53 bits per heavy atom. The number of hydrogen-bond donors (Lipinski definition) is 1. The van der Waals surface area contributed by atoms with Crippen LogP contribution in [0.25, 0.3) is 0 Å². The quantitative estimate of drug-likeness (QED) is 0.844. The maximum absolute atomic E-state index is 13.7. The maximum atomic E-state index is 13.7. The minimum atomic E-state index is -0.459. The Hall–Kier alpha value is -0.940. The predicted molar refractivity (Wildman–Crippen MR) is 63.7 cm³/mol. The van der Waals surface area contributed by atoms with E-state index in [-0.39, 0.29) is 23.8 Å². The summed E-state index contributed by atoms with van der Waals surface area (Å²) in [5, 5.41) is 9.08. The van der Waals surface area contributed by atoms with E-state index < -0.39 is 5.82 Å². The van der Waals surface area contributed by atoms with E-state index in [0.717, 1.165) is 32.0 Å². The number of anilines is 1. The molecule has 94 valence electrons. The van der Waals surface area contributed by atoms with Crippen molar-refractivity contribution in [3.8, 4) is 0 Å². The van der Waals surface area contributed by atoms with Crippen LogP contribution in [0, 0.1) is 5.82 Å². The van der Waals surface area contributed by atoms with Crippen molar-refractivity contribution >= 4 is 17.4 Å². The second-order valence-electron chi connectivity index (χ2n) is 4.17. The molecule has 4 nitrogen and oxygen atoms in total. The fraction of sp³-hybridized carbons (Fsp3) is 0.636. The van der Waals surface area contributed by atoms with Crippen LogP contribution in [0.5, 0.6) is 0 Å². The van der Waals surface area contributed by atoms with Gasteiger partial charge >= 0.3 is 0 Å². The Labute approximate surface area is 104 Å².